The van der Waals surface area contributed by atoms with Gasteiger partial charge in [0.2, 0.25) is 5.91 Å². The molecule has 1 unspecified atom stereocenters. The van der Waals surface area contributed by atoms with Crippen molar-refractivity contribution in [1.29, 1.82) is 0 Å². The maximum absolute atomic E-state index is 11.7. The van der Waals surface area contributed by atoms with Crippen molar-refractivity contribution >= 4 is 5.91 Å². The van der Waals surface area contributed by atoms with Gasteiger partial charge in [0, 0.05) is 12.6 Å². The van der Waals surface area contributed by atoms with E-state index in [1.165, 1.54) is 4.68 Å². The Morgan fingerprint density at radius 1 is 1.59 bits per heavy atom. The summed E-state index contributed by atoms with van der Waals surface area (Å²) in [4.78, 5) is 11.7. The first-order valence-electron chi connectivity index (χ1n) is 5.81. The van der Waals surface area contributed by atoms with Crippen molar-refractivity contribution in [2.75, 3.05) is 0 Å². The van der Waals surface area contributed by atoms with Crippen molar-refractivity contribution in [3.8, 4) is 0 Å². The normalized spacial score (nSPS) is 19.2. The van der Waals surface area contributed by atoms with Gasteiger partial charge in [-0.1, -0.05) is 17.4 Å². The summed E-state index contributed by atoms with van der Waals surface area (Å²) in [5.41, 5.74) is 6.11. The van der Waals surface area contributed by atoms with Crippen LogP contribution in [-0.2, 0) is 17.9 Å². The van der Waals surface area contributed by atoms with Crippen LogP contribution in [0, 0.1) is 0 Å². The molecule has 1 heterocycles. The highest BCUT2D eigenvalue weighted by atomic mass is 16.2. The van der Waals surface area contributed by atoms with Gasteiger partial charge in [-0.15, -0.1) is 5.10 Å². The molecule has 0 radical (unpaired) electrons. The summed E-state index contributed by atoms with van der Waals surface area (Å²) < 4.78 is 1.51. The Morgan fingerprint density at radius 2 is 2.47 bits per heavy atom. The van der Waals surface area contributed by atoms with Gasteiger partial charge >= 0.3 is 0 Å². The smallest absolute Gasteiger partial charge is 0.242 e. The molecule has 0 aromatic carbocycles. The van der Waals surface area contributed by atoms with Crippen LogP contribution >= 0.6 is 0 Å². The zero-order chi connectivity index (χ0) is 12.1. The third-order valence-electron chi connectivity index (χ3n) is 2.74. The van der Waals surface area contributed by atoms with Gasteiger partial charge in [0.1, 0.15) is 6.54 Å². The van der Waals surface area contributed by atoms with Gasteiger partial charge in [0.25, 0.3) is 0 Å². The monoisotopic (exact) mass is 235 g/mol. The number of allylic oxidation sites excluding steroid dienone is 1. The van der Waals surface area contributed by atoms with Crippen molar-refractivity contribution in [1.82, 2.24) is 20.3 Å². The van der Waals surface area contributed by atoms with Crippen LogP contribution < -0.4 is 11.1 Å². The molecule has 6 heteroatoms. The fourth-order valence-corrected chi connectivity index (χ4v) is 1.85. The lowest BCUT2D eigenvalue weighted by molar-refractivity contribution is -0.122. The van der Waals surface area contributed by atoms with E-state index < -0.39 is 0 Å². The number of rotatable bonds is 4. The molecule has 1 aromatic heterocycles. The van der Waals surface area contributed by atoms with Crippen LogP contribution in [0.5, 0.6) is 0 Å². The number of carbonyl (C=O) groups is 1. The van der Waals surface area contributed by atoms with Crippen molar-refractivity contribution in [2.24, 2.45) is 5.73 Å². The Labute approximate surface area is 99.9 Å². The predicted molar refractivity (Wildman–Crippen MR) is 62.8 cm³/mol. The summed E-state index contributed by atoms with van der Waals surface area (Å²) in [7, 11) is 0. The van der Waals surface area contributed by atoms with Gasteiger partial charge in [-0.3, -0.25) is 4.79 Å². The summed E-state index contributed by atoms with van der Waals surface area (Å²) in [6, 6.07) is 0.255. The Morgan fingerprint density at radius 3 is 3.12 bits per heavy atom. The largest absolute Gasteiger partial charge is 0.351 e. The Kier molecular flexibility index (Phi) is 3.87. The van der Waals surface area contributed by atoms with Gasteiger partial charge in [-0.25, -0.2) is 4.68 Å². The lowest BCUT2D eigenvalue weighted by Gasteiger charge is -2.19. The fraction of sp³-hybridized carbons (Fsp3) is 0.545. The second-order valence-electron chi connectivity index (χ2n) is 4.16. The summed E-state index contributed by atoms with van der Waals surface area (Å²) in [6.07, 6.45) is 8.90. The van der Waals surface area contributed by atoms with E-state index in [2.05, 4.69) is 27.8 Å². The van der Waals surface area contributed by atoms with Crippen LogP contribution in [0.1, 0.15) is 25.0 Å². The number of nitrogens with zero attached hydrogens (tertiary/aromatic N) is 3. The molecule has 0 saturated heterocycles. The maximum Gasteiger partial charge on any atom is 0.242 e. The number of aromatic nitrogens is 3. The molecular weight excluding hydrogens is 218 g/mol. The van der Waals surface area contributed by atoms with E-state index in [1.807, 2.05) is 0 Å². The van der Waals surface area contributed by atoms with E-state index in [9.17, 15) is 4.79 Å². The van der Waals surface area contributed by atoms with Crippen molar-refractivity contribution in [3.63, 3.8) is 0 Å². The highest BCUT2D eigenvalue weighted by Crippen LogP contribution is 2.10. The molecule has 6 nitrogen and oxygen atoms in total. The van der Waals surface area contributed by atoms with Gasteiger partial charge in [-0.2, -0.15) is 0 Å². The summed E-state index contributed by atoms with van der Waals surface area (Å²) in [5.74, 6) is -0.0289. The quantitative estimate of drug-likeness (QED) is 0.717. The zero-order valence-electron chi connectivity index (χ0n) is 9.67. The number of amides is 1. The maximum atomic E-state index is 11.7. The second-order valence-corrected chi connectivity index (χ2v) is 4.16. The number of hydrogen-bond acceptors (Lipinski definition) is 4. The van der Waals surface area contributed by atoms with Gasteiger partial charge in [-0.05, 0) is 19.3 Å². The van der Waals surface area contributed by atoms with E-state index in [1.54, 1.807) is 6.20 Å². The Hall–Kier alpha value is -1.69. The predicted octanol–water partition coefficient (Wildman–Crippen LogP) is -0.0383. The Balaban J connectivity index is 1.82. The highest BCUT2D eigenvalue weighted by molar-refractivity contribution is 5.75. The van der Waals surface area contributed by atoms with Crippen LogP contribution in [0.25, 0.3) is 0 Å². The standard InChI is InChI=1S/C11H17N5O/c12-6-10-7-16(15-14-10)8-11(17)13-9-4-2-1-3-5-9/h1-2,7,9H,3-6,8,12H2,(H,13,17). The first kappa shape index (κ1) is 11.8. The van der Waals surface area contributed by atoms with Crippen LogP contribution in [0.15, 0.2) is 18.3 Å². The molecule has 1 aliphatic rings. The molecular formula is C11H17N5O. The van der Waals surface area contributed by atoms with Crippen molar-refractivity contribution < 1.29 is 4.79 Å². The van der Waals surface area contributed by atoms with Crippen LogP contribution in [-0.4, -0.2) is 26.9 Å². The molecule has 0 aliphatic heterocycles. The summed E-state index contributed by atoms with van der Waals surface area (Å²) in [5, 5.41) is 10.6. The minimum atomic E-state index is -0.0289. The first-order chi connectivity index (χ1) is 8.28. The molecule has 1 atom stereocenters. The van der Waals surface area contributed by atoms with Gasteiger partial charge < -0.3 is 11.1 Å². The summed E-state index contributed by atoms with van der Waals surface area (Å²) >= 11 is 0. The lowest BCUT2D eigenvalue weighted by atomic mass is 10.0. The molecule has 0 bridgehead atoms. The van der Waals surface area contributed by atoms with E-state index in [-0.39, 0.29) is 18.5 Å². The van der Waals surface area contributed by atoms with E-state index in [0.29, 0.717) is 12.2 Å². The van der Waals surface area contributed by atoms with Crippen LogP contribution in [0.2, 0.25) is 0 Å². The summed E-state index contributed by atoms with van der Waals surface area (Å²) in [6.45, 7) is 0.544. The van der Waals surface area contributed by atoms with E-state index in [0.717, 1.165) is 19.3 Å². The van der Waals surface area contributed by atoms with E-state index >= 15 is 0 Å². The zero-order valence-corrected chi connectivity index (χ0v) is 9.67. The second kappa shape index (κ2) is 5.58. The topological polar surface area (TPSA) is 85.8 Å². The molecule has 17 heavy (non-hydrogen) atoms. The number of hydrogen-bond donors (Lipinski definition) is 2. The third kappa shape index (κ3) is 3.39. The third-order valence-corrected chi connectivity index (χ3v) is 2.74. The molecule has 1 aliphatic carbocycles. The SMILES string of the molecule is NCc1cn(CC(=O)NC2CC=CCC2)nn1. The molecule has 0 saturated carbocycles. The average Bonchev–Trinajstić information content (AvgIpc) is 2.78. The number of nitrogens with one attached hydrogen (secondary N) is 1. The first-order valence-corrected chi connectivity index (χ1v) is 5.81. The molecule has 0 fully saturated rings. The van der Waals surface area contributed by atoms with Crippen LogP contribution in [0.4, 0.5) is 0 Å². The minimum absolute atomic E-state index is 0.0289. The average molecular weight is 235 g/mol. The molecule has 92 valence electrons. The molecule has 1 amide bonds. The van der Waals surface area contributed by atoms with E-state index in [4.69, 9.17) is 5.73 Å². The van der Waals surface area contributed by atoms with Gasteiger partial charge in [0.05, 0.1) is 11.9 Å². The lowest BCUT2D eigenvalue weighted by Crippen LogP contribution is -2.37. The van der Waals surface area contributed by atoms with Crippen molar-refractivity contribution in [2.45, 2.75) is 38.4 Å². The van der Waals surface area contributed by atoms with Crippen LogP contribution in [0.3, 0.4) is 0 Å². The molecule has 2 rings (SSSR count). The minimum Gasteiger partial charge on any atom is -0.351 e. The molecule has 1 aromatic rings. The van der Waals surface area contributed by atoms with Gasteiger partial charge in [0.15, 0.2) is 0 Å². The number of carbonyl (C=O) groups excluding carboxylic acids is 1. The Bertz CT molecular complexity index is 412. The molecule has 3 N–H and O–H groups in total. The van der Waals surface area contributed by atoms with Crippen molar-refractivity contribution in [3.05, 3.63) is 24.0 Å². The number of nitrogens with two attached hydrogens (primary N) is 1. The fourth-order valence-electron chi connectivity index (χ4n) is 1.85. The molecule has 0 spiro atoms. The highest BCUT2D eigenvalue weighted by Gasteiger charge is 2.13.